The summed E-state index contributed by atoms with van der Waals surface area (Å²) in [4.78, 5) is 4.08. The molecular weight excluding hydrogens is 300 g/mol. The number of hydrogen-bond acceptors (Lipinski definition) is 4. The molecule has 128 valence electrons. The Bertz CT molecular complexity index is 639. The minimum absolute atomic E-state index is 0.254. The number of rotatable bonds is 7. The zero-order valence-electron chi connectivity index (χ0n) is 14.3. The summed E-state index contributed by atoms with van der Waals surface area (Å²) in [6.07, 6.45) is 9.62. The van der Waals surface area contributed by atoms with Crippen molar-refractivity contribution in [2.45, 2.75) is 44.1 Å². The minimum atomic E-state index is 0.254. The molecule has 0 aliphatic heterocycles. The zero-order valence-corrected chi connectivity index (χ0v) is 14.3. The molecule has 1 atom stereocenters. The summed E-state index contributed by atoms with van der Waals surface area (Å²) in [5, 5.41) is 0. The Morgan fingerprint density at radius 2 is 1.88 bits per heavy atom. The molecule has 1 heterocycles. The topological polar surface area (TPSA) is 57.4 Å². The molecule has 1 aliphatic carbocycles. The number of aromatic nitrogens is 1. The summed E-state index contributed by atoms with van der Waals surface area (Å²) in [6, 6.07) is 10.3. The van der Waals surface area contributed by atoms with E-state index < -0.39 is 0 Å². The quantitative estimate of drug-likeness (QED) is 0.843. The maximum absolute atomic E-state index is 6.21. The first-order valence-electron chi connectivity index (χ1n) is 8.73. The van der Waals surface area contributed by atoms with Crippen molar-refractivity contribution < 1.29 is 9.47 Å². The molecule has 0 spiro atoms. The lowest BCUT2D eigenvalue weighted by Crippen LogP contribution is -2.16. The number of pyridine rings is 1. The van der Waals surface area contributed by atoms with Gasteiger partial charge in [-0.3, -0.25) is 4.98 Å². The van der Waals surface area contributed by atoms with E-state index in [0.717, 1.165) is 30.8 Å². The molecule has 2 N–H and O–H groups in total. The second-order valence-corrected chi connectivity index (χ2v) is 6.43. The second-order valence-electron chi connectivity index (χ2n) is 6.43. The monoisotopic (exact) mass is 326 g/mol. The Morgan fingerprint density at radius 1 is 1.12 bits per heavy atom. The Balaban J connectivity index is 1.80. The fraction of sp³-hybridized carbons (Fsp3) is 0.450. The average Bonchev–Trinajstić information content (AvgIpc) is 3.13. The van der Waals surface area contributed by atoms with Crippen LogP contribution in [-0.4, -0.2) is 24.7 Å². The number of nitrogens with zero attached hydrogens (tertiary/aromatic N) is 1. The molecule has 2 aromatic rings. The lowest BCUT2D eigenvalue weighted by atomic mass is 9.92. The van der Waals surface area contributed by atoms with E-state index in [9.17, 15) is 0 Å². The first-order chi connectivity index (χ1) is 11.8. The molecule has 24 heavy (non-hydrogen) atoms. The summed E-state index contributed by atoms with van der Waals surface area (Å²) in [5.41, 5.74) is 8.49. The molecular formula is C20H26N2O2. The Labute approximate surface area is 144 Å². The SMILES string of the molecule is COc1ccc(C(CN)Cc2ccncc2)cc1OC1CCCC1. The van der Waals surface area contributed by atoms with Crippen molar-refractivity contribution in [3.8, 4) is 11.5 Å². The van der Waals surface area contributed by atoms with Gasteiger partial charge in [0.2, 0.25) is 0 Å². The maximum Gasteiger partial charge on any atom is 0.161 e. The second kappa shape index (κ2) is 8.15. The van der Waals surface area contributed by atoms with Crippen molar-refractivity contribution in [1.29, 1.82) is 0 Å². The molecule has 1 fully saturated rings. The lowest BCUT2D eigenvalue weighted by Gasteiger charge is -2.20. The van der Waals surface area contributed by atoms with Gasteiger partial charge in [-0.15, -0.1) is 0 Å². The van der Waals surface area contributed by atoms with Gasteiger partial charge in [0.25, 0.3) is 0 Å². The molecule has 1 unspecified atom stereocenters. The molecule has 1 aromatic heterocycles. The van der Waals surface area contributed by atoms with Gasteiger partial charge in [-0.2, -0.15) is 0 Å². The highest BCUT2D eigenvalue weighted by Gasteiger charge is 2.20. The molecule has 3 rings (SSSR count). The Morgan fingerprint density at radius 3 is 2.54 bits per heavy atom. The van der Waals surface area contributed by atoms with E-state index in [1.807, 2.05) is 30.6 Å². The van der Waals surface area contributed by atoms with Crippen molar-refractivity contribution in [3.05, 3.63) is 53.9 Å². The fourth-order valence-electron chi connectivity index (χ4n) is 3.37. The van der Waals surface area contributed by atoms with Crippen molar-refractivity contribution in [2.24, 2.45) is 5.73 Å². The van der Waals surface area contributed by atoms with E-state index in [0.29, 0.717) is 12.6 Å². The third-order valence-electron chi connectivity index (χ3n) is 4.77. The van der Waals surface area contributed by atoms with Crippen LogP contribution in [-0.2, 0) is 6.42 Å². The lowest BCUT2D eigenvalue weighted by molar-refractivity contribution is 0.200. The Hall–Kier alpha value is -2.07. The van der Waals surface area contributed by atoms with E-state index in [4.69, 9.17) is 15.2 Å². The van der Waals surface area contributed by atoms with Crippen molar-refractivity contribution in [2.75, 3.05) is 13.7 Å². The summed E-state index contributed by atoms with van der Waals surface area (Å²) >= 11 is 0. The molecule has 1 aliphatic rings. The van der Waals surface area contributed by atoms with Gasteiger partial charge >= 0.3 is 0 Å². The van der Waals surface area contributed by atoms with Crippen molar-refractivity contribution >= 4 is 0 Å². The van der Waals surface area contributed by atoms with Gasteiger partial charge in [-0.25, -0.2) is 0 Å². The minimum Gasteiger partial charge on any atom is -0.493 e. The predicted octanol–water partition coefficient (Wildman–Crippen LogP) is 3.70. The van der Waals surface area contributed by atoms with Gasteiger partial charge in [0.15, 0.2) is 11.5 Å². The summed E-state index contributed by atoms with van der Waals surface area (Å²) in [5.74, 6) is 1.89. The van der Waals surface area contributed by atoms with Crippen molar-refractivity contribution in [1.82, 2.24) is 4.98 Å². The van der Waals surface area contributed by atoms with Gasteiger partial charge in [0.1, 0.15) is 0 Å². The third-order valence-corrected chi connectivity index (χ3v) is 4.77. The number of ether oxygens (including phenoxy) is 2. The molecule has 1 saturated carbocycles. The molecule has 4 nitrogen and oxygen atoms in total. The average molecular weight is 326 g/mol. The van der Waals surface area contributed by atoms with Gasteiger partial charge in [0.05, 0.1) is 13.2 Å². The summed E-state index contributed by atoms with van der Waals surface area (Å²) < 4.78 is 11.7. The van der Waals surface area contributed by atoms with E-state index in [-0.39, 0.29) is 5.92 Å². The van der Waals surface area contributed by atoms with Crippen LogP contribution in [0.15, 0.2) is 42.7 Å². The van der Waals surface area contributed by atoms with Crippen LogP contribution >= 0.6 is 0 Å². The number of hydrogen-bond donors (Lipinski definition) is 1. The summed E-state index contributed by atoms with van der Waals surface area (Å²) in [7, 11) is 1.69. The highest BCUT2D eigenvalue weighted by Crippen LogP contribution is 2.34. The Kier molecular flexibility index (Phi) is 5.70. The predicted molar refractivity (Wildman–Crippen MR) is 95.6 cm³/mol. The van der Waals surface area contributed by atoms with Gasteiger partial charge < -0.3 is 15.2 Å². The van der Waals surface area contributed by atoms with Crippen LogP contribution in [0.5, 0.6) is 11.5 Å². The van der Waals surface area contributed by atoms with Crippen LogP contribution in [0.1, 0.15) is 42.7 Å². The van der Waals surface area contributed by atoms with Crippen LogP contribution in [0.4, 0.5) is 0 Å². The zero-order chi connectivity index (χ0) is 16.8. The van der Waals surface area contributed by atoms with E-state index in [2.05, 4.69) is 17.1 Å². The fourth-order valence-corrected chi connectivity index (χ4v) is 3.37. The number of benzene rings is 1. The normalized spacial score (nSPS) is 16.1. The van der Waals surface area contributed by atoms with Crippen LogP contribution in [0.3, 0.4) is 0 Å². The highest BCUT2D eigenvalue weighted by molar-refractivity contribution is 5.44. The van der Waals surface area contributed by atoms with E-state index in [1.165, 1.54) is 24.0 Å². The summed E-state index contributed by atoms with van der Waals surface area (Å²) in [6.45, 7) is 0.595. The number of methoxy groups -OCH3 is 1. The standard InChI is InChI=1S/C20H26N2O2/c1-23-19-7-6-16(13-20(19)24-18-4-2-3-5-18)17(14-21)12-15-8-10-22-11-9-15/h6-11,13,17-18H,2-5,12,14,21H2,1H3. The van der Waals surface area contributed by atoms with Crippen LogP contribution in [0, 0.1) is 0 Å². The van der Waals surface area contributed by atoms with E-state index >= 15 is 0 Å². The smallest absolute Gasteiger partial charge is 0.161 e. The van der Waals surface area contributed by atoms with Crippen molar-refractivity contribution in [3.63, 3.8) is 0 Å². The van der Waals surface area contributed by atoms with Gasteiger partial charge in [-0.05, 0) is 74.0 Å². The first kappa shape index (κ1) is 16.8. The third kappa shape index (κ3) is 4.06. The first-order valence-corrected chi connectivity index (χ1v) is 8.73. The van der Waals surface area contributed by atoms with Gasteiger partial charge in [-0.1, -0.05) is 6.07 Å². The van der Waals surface area contributed by atoms with Crippen LogP contribution in [0.25, 0.3) is 0 Å². The molecule has 1 aromatic carbocycles. The largest absolute Gasteiger partial charge is 0.493 e. The molecule has 0 amide bonds. The molecule has 4 heteroatoms. The van der Waals surface area contributed by atoms with Crippen LogP contribution in [0.2, 0.25) is 0 Å². The van der Waals surface area contributed by atoms with E-state index in [1.54, 1.807) is 7.11 Å². The molecule has 0 saturated heterocycles. The molecule has 0 radical (unpaired) electrons. The number of nitrogens with two attached hydrogens (primary N) is 1. The molecule has 0 bridgehead atoms. The maximum atomic E-state index is 6.21. The van der Waals surface area contributed by atoms with Crippen LogP contribution < -0.4 is 15.2 Å². The highest BCUT2D eigenvalue weighted by atomic mass is 16.5. The van der Waals surface area contributed by atoms with Gasteiger partial charge in [0, 0.05) is 18.3 Å².